The van der Waals surface area contributed by atoms with Gasteiger partial charge in [-0.25, -0.2) is 0 Å². The fourth-order valence-corrected chi connectivity index (χ4v) is 4.83. The van der Waals surface area contributed by atoms with Gasteiger partial charge in [-0.05, 0) is 39.3 Å². The van der Waals surface area contributed by atoms with Crippen LogP contribution in [0, 0.1) is 0 Å². The Balaban J connectivity index is 2.19. The van der Waals surface area contributed by atoms with Crippen LogP contribution >= 0.6 is 0 Å². The average Bonchev–Trinajstić information content (AvgIpc) is 2.54. The summed E-state index contributed by atoms with van der Waals surface area (Å²) in [5.41, 5.74) is 0. The molecule has 2 saturated heterocycles. The smallest absolute Gasteiger partial charge is 0.217 e. The van der Waals surface area contributed by atoms with Gasteiger partial charge >= 0.3 is 0 Å². The summed E-state index contributed by atoms with van der Waals surface area (Å²) in [5.74, 6) is -0.113. The molecule has 2 bridgehead atoms. The maximum Gasteiger partial charge on any atom is 0.217 e. The number of hydrogen-bond donors (Lipinski definition) is 1. The van der Waals surface area contributed by atoms with E-state index in [1.807, 2.05) is 0 Å². The molecule has 2 rings (SSSR count). The molecule has 2 heterocycles. The van der Waals surface area contributed by atoms with Gasteiger partial charge in [0.2, 0.25) is 5.91 Å². The highest BCUT2D eigenvalue weighted by Crippen LogP contribution is 2.35. The third-order valence-corrected chi connectivity index (χ3v) is 5.35. The molecular weight excluding hydrogens is 318 g/mol. The Labute approximate surface area is 135 Å². The van der Waals surface area contributed by atoms with Crippen molar-refractivity contribution in [2.75, 3.05) is 6.61 Å². The van der Waals surface area contributed by atoms with E-state index in [-0.39, 0.29) is 30.3 Å². The summed E-state index contributed by atoms with van der Waals surface area (Å²) in [6.07, 6.45) is -0.932. The van der Waals surface area contributed by atoms with Gasteiger partial charge in [-0.1, -0.05) is 0 Å². The highest BCUT2D eigenvalue weighted by atomic mass is 28.4. The van der Waals surface area contributed by atoms with Crippen LogP contribution in [-0.2, 0) is 23.1 Å². The van der Waals surface area contributed by atoms with E-state index in [1.165, 1.54) is 6.92 Å². The highest BCUT2D eigenvalue weighted by Gasteiger charge is 2.54. The fraction of sp³-hybridized carbons (Fsp3) is 0.929. The molecule has 2 aliphatic rings. The summed E-state index contributed by atoms with van der Waals surface area (Å²) in [4.78, 5) is 11.6. The zero-order chi connectivity index (χ0) is 16.7. The van der Waals surface area contributed by atoms with Gasteiger partial charge in [0.05, 0.1) is 6.61 Å². The first-order chi connectivity index (χ1) is 9.96. The number of carbonyl (C=O) groups excluding carboxylic acids is 1. The van der Waals surface area contributed by atoms with E-state index in [9.17, 15) is 4.79 Å². The van der Waals surface area contributed by atoms with Gasteiger partial charge in [0.15, 0.2) is 22.9 Å². The third kappa shape index (κ3) is 4.62. The normalized spacial score (nSPS) is 35.5. The van der Waals surface area contributed by atoms with Gasteiger partial charge in [0, 0.05) is 6.92 Å². The van der Waals surface area contributed by atoms with Crippen LogP contribution in [0.3, 0.4) is 0 Å². The number of hydrogen-bond acceptors (Lipinski definition) is 5. The summed E-state index contributed by atoms with van der Waals surface area (Å²) < 4.78 is 24.4. The molecule has 1 N–H and O–H groups in total. The van der Waals surface area contributed by atoms with Crippen LogP contribution in [-0.4, -0.2) is 59.8 Å². The highest BCUT2D eigenvalue weighted by molar-refractivity contribution is 6.70. The minimum atomic E-state index is -1.80. The standard InChI is InChI=1S/C14H29NO5Si2/c1-9(16)15-11-13-12(19-21(2,3)4)10(8-17-13)18-14(11)20-22(5,6)7/h10-14H,8H2,1-7H3,(H,15,16)/t10-,11+,12-,13+,14+/m0/s1. The van der Waals surface area contributed by atoms with Gasteiger partial charge in [-0.3, -0.25) is 4.79 Å². The first-order valence-electron chi connectivity index (χ1n) is 7.86. The molecule has 0 aliphatic carbocycles. The maximum atomic E-state index is 11.6. The van der Waals surface area contributed by atoms with E-state index in [4.69, 9.17) is 18.3 Å². The minimum absolute atomic E-state index is 0.113. The van der Waals surface area contributed by atoms with Crippen LogP contribution in [0.4, 0.5) is 0 Å². The topological polar surface area (TPSA) is 66.0 Å². The van der Waals surface area contributed by atoms with Crippen LogP contribution in [0.1, 0.15) is 6.92 Å². The number of carbonyl (C=O) groups is 1. The first-order valence-corrected chi connectivity index (χ1v) is 14.7. The van der Waals surface area contributed by atoms with Gasteiger partial charge in [0.25, 0.3) is 0 Å². The number of rotatable bonds is 5. The Morgan fingerprint density at radius 3 is 2.18 bits per heavy atom. The molecule has 0 spiro atoms. The number of fused-ring (bicyclic) bond motifs is 2. The largest absolute Gasteiger partial charge is 0.409 e. The van der Waals surface area contributed by atoms with E-state index >= 15 is 0 Å². The summed E-state index contributed by atoms with van der Waals surface area (Å²) in [5, 5.41) is 2.94. The molecule has 0 unspecified atom stereocenters. The Kier molecular flexibility index (Phi) is 5.20. The van der Waals surface area contributed by atoms with E-state index in [2.05, 4.69) is 44.6 Å². The monoisotopic (exact) mass is 347 g/mol. The van der Waals surface area contributed by atoms with Crippen molar-refractivity contribution in [1.82, 2.24) is 5.32 Å². The van der Waals surface area contributed by atoms with Crippen molar-refractivity contribution in [3.8, 4) is 0 Å². The first kappa shape index (κ1) is 18.1. The van der Waals surface area contributed by atoms with Crippen LogP contribution in [0.15, 0.2) is 0 Å². The Hall–Kier alpha value is -0.256. The zero-order valence-corrected chi connectivity index (χ0v) is 16.6. The molecule has 1 amide bonds. The molecule has 0 aromatic rings. The van der Waals surface area contributed by atoms with Gasteiger partial charge in [-0.15, -0.1) is 0 Å². The van der Waals surface area contributed by atoms with Crippen molar-refractivity contribution < 1.29 is 23.1 Å². The Bertz CT molecular complexity index is 420. The van der Waals surface area contributed by atoms with E-state index in [0.29, 0.717) is 6.61 Å². The van der Waals surface area contributed by atoms with Crippen molar-refractivity contribution in [3.63, 3.8) is 0 Å². The van der Waals surface area contributed by atoms with E-state index in [1.54, 1.807) is 0 Å². The summed E-state index contributed by atoms with van der Waals surface area (Å²) in [6, 6.07) is -0.329. The predicted molar refractivity (Wildman–Crippen MR) is 88.7 cm³/mol. The second-order valence-electron chi connectivity index (χ2n) is 7.99. The van der Waals surface area contributed by atoms with Crippen molar-refractivity contribution in [3.05, 3.63) is 0 Å². The van der Waals surface area contributed by atoms with Gasteiger partial charge in [0.1, 0.15) is 24.4 Å². The molecule has 0 aromatic carbocycles. The lowest BCUT2D eigenvalue weighted by Crippen LogP contribution is -2.63. The van der Waals surface area contributed by atoms with Gasteiger partial charge < -0.3 is 23.6 Å². The molecule has 0 aromatic heterocycles. The number of ether oxygens (including phenoxy) is 2. The minimum Gasteiger partial charge on any atom is -0.409 e. The van der Waals surface area contributed by atoms with Crippen molar-refractivity contribution in [2.45, 2.75) is 76.8 Å². The van der Waals surface area contributed by atoms with E-state index in [0.717, 1.165) is 0 Å². The molecular formula is C14H29NO5Si2. The molecule has 6 nitrogen and oxygen atoms in total. The lowest BCUT2D eigenvalue weighted by molar-refractivity contribution is -0.193. The SMILES string of the molecule is CC(=O)N[C@H]1[C@@H](O[Si](C)(C)C)O[C@H]2CO[C@H]1[C@H]2O[Si](C)(C)C. The number of amides is 1. The van der Waals surface area contributed by atoms with Crippen molar-refractivity contribution >= 4 is 22.5 Å². The fourth-order valence-electron chi connectivity index (χ4n) is 2.83. The molecule has 0 radical (unpaired) electrons. The van der Waals surface area contributed by atoms with Crippen molar-refractivity contribution in [1.29, 1.82) is 0 Å². The zero-order valence-electron chi connectivity index (χ0n) is 14.6. The third-order valence-electron chi connectivity index (χ3n) is 3.43. The lowest BCUT2D eigenvalue weighted by Gasteiger charge is -2.43. The molecule has 2 fully saturated rings. The lowest BCUT2D eigenvalue weighted by atomic mass is 10.00. The van der Waals surface area contributed by atoms with Gasteiger partial charge in [-0.2, -0.15) is 0 Å². The predicted octanol–water partition coefficient (Wildman–Crippen LogP) is 1.69. The Morgan fingerprint density at radius 1 is 1.09 bits per heavy atom. The second-order valence-corrected chi connectivity index (χ2v) is 16.9. The van der Waals surface area contributed by atoms with Crippen LogP contribution < -0.4 is 5.32 Å². The Morgan fingerprint density at radius 2 is 1.68 bits per heavy atom. The molecule has 2 aliphatic heterocycles. The average molecular weight is 348 g/mol. The second kappa shape index (κ2) is 6.33. The summed E-state index contributed by atoms with van der Waals surface area (Å²) >= 11 is 0. The molecule has 128 valence electrons. The maximum absolute atomic E-state index is 11.6. The van der Waals surface area contributed by atoms with Crippen LogP contribution in [0.2, 0.25) is 39.3 Å². The summed E-state index contributed by atoms with van der Waals surface area (Å²) in [7, 11) is -3.53. The molecule has 5 atom stereocenters. The van der Waals surface area contributed by atoms with Crippen LogP contribution in [0.5, 0.6) is 0 Å². The molecule has 0 saturated carbocycles. The quantitative estimate of drug-likeness (QED) is 0.767. The molecule has 22 heavy (non-hydrogen) atoms. The molecule has 8 heteroatoms. The summed E-state index contributed by atoms with van der Waals surface area (Å²) in [6.45, 7) is 14.7. The van der Waals surface area contributed by atoms with Crippen molar-refractivity contribution in [2.24, 2.45) is 0 Å². The van der Waals surface area contributed by atoms with E-state index < -0.39 is 22.9 Å². The number of nitrogens with one attached hydrogen (secondary N) is 1. The van der Waals surface area contributed by atoms with Crippen LogP contribution in [0.25, 0.3) is 0 Å².